The Bertz CT molecular complexity index is 313. The molecule has 1 saturated heterocycles. The molecule has 0 aromatic carbocycles. The van der Waals surface area contributed by atoms with Crippen LogP contribution < -0.4 is 5.32 Å². The van der Waals surface area contributed by atoms with E-state index in [4.69, 9.17) is 5.11 Å². The van der Waals surface area contributed by atoms with Crippen molar-refractivity contribution in [1.29, 1.82) is 0 Å². The van der Waals surface area contributed by atoms with Crippen molar-refractivity contribution >= 4 is 11.9 Å². The van der Waals surface area contributed by atoms with Crippen LogP contribution in [0.1, 0.15) is 44.9 Å². The van der Waals surface area contributed by atoms with Gasteiger partial charge in [-0.2, -0.15) is 0 Å². The van der Waals surface area contributed by atoms with Gasteiger partial charge in [0.1, 0.15) is 0 Å². The average Bonchev–Trinajstić information content (AvgIpc) is 2.38. The number of nitrogens with one attached hydrogen (secondary N) is 1. The van der Waals surface area contributed by atoms with Crippen molar-refractivity contribution in [2.45, 2.75) is 57.0 Å². The molecule has 2 N–H and O–H groups in total. The number of amides is 1. The minimum atomic E-state index is -0.822. The molecule has 1 unspecified atom stereocenters. The molecule has 0 bridgehead atoms. The molecular formula is C13H22N2O3. The Balaban J connectivity index is 1.99. The number of piperazine rings is 1. The molecule has 5 nitrogen and oxygen atoms in total. The standard InChI is InChI=1S/C13H22N2O3/c16-12(17)7-6-11-13(18)14-8-9-15(11)10-4-2-1-3-5-10/h10-11H,1-9H2,(H,14,18)(H,16,17). The Kier molecular flexibility index (Phi) is 4.58. The summed E-state index contributed by atoms with van der Waals surface area (Å²) in [4.78, 5) is 24.8. The molecule has 1 saturated carbocycles. The number of aliphatic carboxylic acids is 1. The van der Waals surface area contributed by atoms with Crippen LogP contribution in [0.15, 0.2) is 0 Å². The molecule has 1 heterocycles. The van der Waals surface area contributed by atoms with Gasteiger partial charge in [0.2, 0.25) is 5.91 Å². The van der Waals surface area contributed by atoms with Crippen LogP contribution in [-0.2, 0) is 9.59 Å². The summed E-state index contributed by atoms with van der Waals surface area (Å²) in [6.07, 6.45) is 6.55. The fraction of sp³-hybridized carbons (Fsp3) is 0.846. The second kappa shape index (κ2) is 6.18. The number of carbonyl (C=O) groups excluding carboxylic acids is 1. The summed E-state index contributed by atoms with van der Waals surface area (Å²) in [6, 6.07) is 0.238. The molecule has 1 amide bonds. The summed E-state index contributed by atoms with van der Waals surface area (Å²) >= 11 is 0. The molecule has 0 spiro atoms. The molecule has 0 radical (unpaired) electrons. The van der Waals surface area contributed by atoms with Crippen molar-refractivity contribution < 1.29 is 14.7 Å². The van der Waals surface area contributed by atoms with E-state index >= 15 is 0 Å². The van der Waals surface area contributed by atoms with Gasteiger partial charge in [-0.15, -0.1) is 0 Å². The quantitative estimate of drug-likeness (QED) is 0.785. The van der Waals surface area contributed by atoms with Gasteiger partial charge >= 0.3 is 5.97 Å². The summed E-state index contributed by atoms with van der Waals surface area (Å²) in [5.41, 5.74) is 0. The molecule has 0 aromatic rings. The zero-order valence-corrected chi connectivity index (χ0v) is 10.7. The predicted octanol–water partition coefficient (Wildman–Crippen LogP) is 0.984. The van der Waals surface area contributed by atoms with Crippen molar-refractivity contribution in [2.75, 3.05) is 13.1 Å². The van der Waals surface area contributed by atoms with E-state index in [-0.39, 0.29) is 18.4 Å². The van der Waals surface area contributed by atoms with Crippen LogP contribution in [0, 0.1) is 0 Å². The number of rotatable bonds is 4. The maximum atomic E-state index is 11.9. The fourth-order valence-corrected chi connectivity index (χ4v) is 3.14. The number of carbonyl (C=O) groups is 2. The molecule has 1 aliphatic heterocycles. The molecular weight excluding hydrogens is 232 g/mol. The van der Waals surface area contributed by atoms with Crippen molar-refractivity contribution in [2.24, 2.45) is 0 Å². The van der Waals surface area contributed by atoms with Gasteiger partial charge in [-0.1, -0.05) is 19.3 Å². The highest BCUT2D eigenvalue weighted by molar-refractivity contribution is 5.83. The van der Waals surface area contributed by atoms with Gasteiger partial charge in [-0.25, -0.2) is 0 Å². The summed E-state index contributed by atoms with van der Waals surface area (Å²) in [6.45, 7) is 1.56. The van der Waals surface area contributed by atoms with E-state index in [2.05, 4.69) is 10.2 Å². The van der Waals surface area contributed by atoms with Crippen LogP contribution in [0.2, 0.25) is 0 Å². The lowest BCUT2D eigenvalue weighted by Crippen LogP contribution is -2.58. The maximum absolute atomic E-state index is 11.9. The zero-order valence-electron chi connectivity index (χ0n) is 10.7. The van der Waals surface area contributed by atoms with E-state index in [1.54, 1.807) is 0 Å². The van der Waals surface area contributed by atoms with Crippen molar-refractivity contribution in [3.8, 4) is 0 Å². The molecule has 2 aliphatic rings. The third-order valence-electron chi connectivity index (χ3n) is 4.05. The highest BCUT2D eigenvalue weighted by Crippen LogP contribution is 2.26. The van der Waals surface area contributed by atoms with E-state index in [1.165, 1.54) is 19.3 Å². The van der Waals surface area contributed by atoms with Crippen LogP contribution in [0.3, 0.4) is 0 Å². The van der Waals surface area contributed by atoms with E-state index in [9.17, 15) is 9.59 Å². The van der Waals surface area contributed by atoms with E-state index in [0.29, 0.717) is 19.0 Å². The van der Waals surface area contributed by atoms with Gasteiger partial charge in [0.15, 0.2) is 0 Å². The normalized spacial score (nSPS) is 26.9. The topological polar surface area (TPSA) is 69.6 Å². The minimum Gasteiger partial charge on any atom is -0.481 e. The Morgan fingerprint density at radius 3 is 2.72 bits per heavy atom. The Morgan fingerprint density at radius 2 is 2.06 bits per heavy atom. The first-order valence-electron chi connectivity index (χ1n) is 6.94. The number of carboxylic acid groups (broad SMARTS) is 1. The van der Waals surface area contributed by atoms with Crippen molar-refractivity contribution in [1.82, 2.24) is 10.2 Å². The van der Waals surface area contributed by atoms with Crippen LogP contribution in [0.5, 0.6) is 0 Å². The molecule has 2 fully saturated rings. The molecule has 1 atom stereocenters. The van der Waals surface area contributed by atoms with E-state index in [1.807, 2.05) is 0 Å². The second-order valence-electron chi connectivity index (χ2n) is 5.27. The lowest BCUT2D eigenvalue weighted by Gasteiger charge is -2.42. The Morgan fingerprint density at radius 1 is 1.33 bits per heavy atom. The van der Waals surface area contributed by atoms with Gasteiger partial charge in [0.05, 0.1) is 6.04 Å². The Labute approximate surface area is 108 Å². The van der Waals surface area contributed by atoms with E-state index < -0.39 is 5.97 Å². The minimum absolute atomic E-state index is 0.00748. The second-order valence-corrected chi connectivity index (χ2v) is 5.27. The first-order valence-corrected chi connectivity index (χ1v) is 6.94. The molecule has 18 heavy (non-hydrogen) atoms. The average molecular weight is 254 g/mol. The van der Waals surface area contributed by atoms with Crippen molar-refractivity contribution in [3.05, 3.63) is 0 Å². The number of carboxylic acids is 1. The lowest BCUT2D eigenvalue weighted by molar-refractivity contribution is -0.138. The van der Waals surface area contributed by atoms with Gasteiger partial charge in [0.25, 0.3) is 0 Å². The third kappa shape index (κ3) is 3.22. The number of hydrogen-bond acceptors (Lipinski definition) is 3. The first-order chi connectivity index (χ1) is 8.68. The molecule has 1 aliphatic carbocycles. The predicted molar refractivity (Wildman–Crippen MR) is 67.2 cm³/mol. The Hall–Kier alpha value is -1.10. The molecule has 2 rings (SSSR count). The van der Waals surface area contributed by atoms with Crippen LogP contribution in [0.4, 0.5) is 0 Å². The summed E-state index contributed by atoms with van der Waals surface area (Å²) in [5, 5.41) is 11.6. The van der Waals surface area contributed by atoms with Gasteiger partial charge < -0.3 is 10.4 Å². The smallest absolute Gasteiger partial charge is 0.303 e. The first kappa shape index (κ1) is 13.3. The number of nitrogens with zero attached hydrogens (tertiary/aromatic N) is 1. The summed E-state index contributed by atoms with van der Waals surface area (Å²) in [5.74, 6) is -0.815. The molecule has 0 aromatic heterocycles. The maximum Gasteiger partial charge on any atom is 0.303 e. The van der Waals surface area contributed by atoms with E-state index in [0.717, 1.165) is 19.4 Å². The van der Waals surface area contributed by atoms with Gasteiger partial charge in [0, 0.05) is 25.6 Å². The monoisotopic (exact) mass is 254 g/mol. The molecule has 5 heteroatoms. The van der Waals surface area contributed by atoms with Gasteiger partial charge in [-0.05, 0) is 19.3 Å². The summed E-state index contributed by atoms with van der Waals surface area (Å²) in [7, 11) is 0. The zero-order chi connectivity index (χ0) is 13.0. The van der Waals surface area contributed by atoms with Crippen LogP contribution in [0.25, 0.3) is 0 Å². The highest BCUT2D eigenvalue weighted by Gasteiger charge is 2.34. The third-order valence-corrected chi connectivity index (χ3v) is 4.05. The summed E-state index contributed by atoms with van der Waals surface area (Å²) < 4.78 is 0. The number of hydrogen-bond donors (Lipinski definition) is 2. The van der Waals surface area contributed by atoms with Crippen LogP contribution >= 0.6 is 0 Å². The molecule has 102 valence electrons. The van der Waals surface area contributed by atoms with Crippen molar-refractivity contribution in [3.63, 3.8) is 0 Å². The van der Waals surface area contributed by atoms with Gasteiger partial charge in [-0.3, -0.25) is 14.5 Å². The fourth-order valence-electron chi connectivity index (χ4n) is 3.14. The largest absolute Gasteiger partial charge is 0.481 e. The van der Waals surface area contributed by atoms with Crippen LogP contribution in [-0.4, -0.2) is 47.1 Å². The SMILES string of the molecule is O=C(O)CCC1C(=O)NCCN1C1CCCCC1. The highest BCUT2D eigenvalue weighted by atomic mass is 16.4. The lowest BCUT2D eigenvalue weighted by atomic mass is 9.91.